The zero-order chi connectivity index (χ0) is 22.3. The highest BCUT2D eigenvalue weighted by atomic mass is 19.1. The van der Waals surface area contributed by atoms with Gasteiger partial charge in [0.15, 0.2) is 22.9 Å². The van der Waals surface area contributed by atoms with Crippen LogP contribution in [0.4, 0.5) is 10.1 Å². The number of fused-ring (bicyclic) bond motifs is 2. The number of carbonyl (C=O) groups excluding carboxylic acids is 2. The average Bonchev–Trinajstić information content (AvgIpc) is 3.02. The smallest absolute Gasteiger partial charge is 0.264 e. The fourth-order valence-corrected chi connectivity index (χ4v) is 4.18. The van der Waals surface area contributed by atoms with Gasteiger partial charge in [0.25, 0.3) is 5.91 Å². The summed E-state index contributed by atoms with van der Waals surface area (Å²) in [6.07, 6.45) is -0.448. The average molecular weight is 433 g/mol. The lowest BCUT2D eigenvalue weighted by Gasteiger charge is -2.23. The van der Waals surface area contributed by atoms with Gasteiger partial charge in [-0.15, -0.1) is 0 Å². The molecule has 0 bridgehead atoms. The van der Waals surface area contributed by atoms with E-state index >= 15 is 0 Å². The van der Waals surface area contributed by atoms with Crippen LogP contribution in [0.2, 0.25) is 0 Å². The first-order valence-electron chi connectivity index (χ1n) is 10.3. The molecule has 0 radical (unpaired) electrons. The Morgan fingerprint density at radius 3 is 2.53 bits per heavy atom. The van der Waals surface area contributed by atoms with Crippen LogP contribution in [0.25, 0.3) is 0 Å². The van der Waals surface area contributed by atoms with Gasteiger partial charge in [-0.1, -0.05) is 36.4 Å². The Morgan fingerprint density at radius 1 is 1.00 bits per heavy atom. The maximum absolute atomic E-state index is 14.2. The van der Waals surface area contributed by atoms with Crippen LogP contribution in [-0.2, 0) is 16.9 Å². The number of para-hydroxylation sites is 1. The first-order valence-corrected chi connectivity index (χ1v) is 10.3. The summed E-state index contributed by atoms with van der Waals surface area (Å²) in [7, 11) is 0. The molecule has 1 N–H and O–H groups in total. The van der Waals surface area contributed by atoms with Gasteiger partial charge in [0.05, 0.1) is 18.7 Å². The molecule has 0 spiro atoms. The number of anilines is 1. The summed E-state index contributed by atoms with van der Waals surface area (Å²) >= 11 is 0. The predicted molar refractivity (Wildman–Crippen MR) is 114 cm³/mol. The lowest BCUT2D eigenvalue weighted by molar-refractivity contribution is -0.136. The molecule has 0 fully saturated rings. The third-order valence-corrected chi connectivity index (χ3v) is 5.81. The largest absolute Gasteiger partial charge is 0.486 e. The molecule has 0 aromatic heterocycles. The zero-order valence-corrected chi connectivity index (χ0v) is 17.1. The Hall–Kier alpha value is -3.71. The van der Waals surface area contributed by atoms with Crippen molar-refractivity contribution in [1.82, 2.24) is 0 Å². The molecule has 1 atom stereocenters. The van der Waals surface area contributed by atoms with Gasteiger partial charge in [0.2, 0.25) is 0 Å². The number of benzene rings is 3. The van der Waals surface area contributed by atoms with Crippen molar-refractivity contribution in [3.8, 4) is 11.5 Å². The van der Waals surface area contributed by atoms with E-state index in [-0.39, 0.29) is 6.54 Å². The van der Waals surface area contributed by atoms with Gasteiger partial charge in [0.1, 0.15) is 19.0 Å². The van der Waals surface area contributed by atoms with Gasteiger partial charge in [0, 0.05) is 16.7 Å². The number of hydrogen-bond acceptors (Lipinski definition) is 5. The topological polar surface area (TPSA) is 76.1 Å². The third-order valence-electron chi connectivity index (χ3n) is 5.81. The Balaban J connectivity index is 1.46. The van der Waals surface area contributed by atoms with Gasteiger partial charge >= 0.3 is 0 Å². The molecule has 0 saturated carbocycles. The molecular weight excluding hydrogens is 413 g/mol. The van der Waals surface area contributed by atoms with Crippen LogP contribution in [0.5, 0.6) is 11.5 Å². The van der Waals surface area contributed by atoms with Crippen molar-refractivity contribution in [3.63, 3.8) is 0 Å². The molecule has 0 aliphatic carbocycles. The summed E-state index contributed by atoms with van der Waals surface area (Å²) in [5, 5.41) is 11.4. The van der Waals surface area contributed by atoms with Crippen molar-refractivity contribution in [2.24, 2.45) is 0 Å². The number of halogens is 1. The van der Waals surface area contributed by atoms with Crippen LogP contribution >= 0.6 is 0 Å². The molecule has 2 aliphatic heterocycles. The predicted octanol–water partition coefficient (Wildman–Crippen LogP) is 3.60. The number of carbonyl (C=O) groups is 2. The van der Waals surface area contributed by atoms with Crippen molar-refractivity contribution in [2.45, 2.75) is 18.6 Å². The van der Waals surface area contributed by atoms with Gasteiger partial charge in [-0.05, 0) is 30.3 Å². The van der Waals surface area contributed by atoms with Gasteiger partial charge in [-0.2, -0.15) is 0 Å². The minimum atomic E-state index is -2.05. The lowest BCUT2D eigenvalue weighted by atomic mass is 9.88. The molecule has 0 unspecified atom stereocenters. The molecular formula is C25H20FNO5. The highest BCUT2D eigenvalue weighted by Gasteiger charge is 2.50. The highest BCUT2D eigenvalue weighted by molar-refractivity contribution is 6.10. The number of amides is 1. The van der Waals surface area contributed by atoms with Crippen LogP contribution in [-0.4, -0.2) is 30.0 Å². The van der Waals surface area contributed by atoms with E-state index in [2.05, 4.69) is 0 Å². The summed E-state index contributed by atoms with van der Waals surface area (Å²) < 4.78 is 25.2. The van der Waals surface area contributed by atoms with Crippen molar-refractivity contribution in [2.75, 3.05) is 18.1 Å². The molecule has 3 aromatic rings. The van der Waals surface area contributed by atoms with E-state index < -0.39 is 29.5 Å². The second-order valence-corrected chi connectivity index (χ2v) is 7.82. The molecule has 5 rings (SSSR count). The minimum Gasteiger partial charge on any atom is -0.486 e. The van der Waals surface area contributed by atoms with E-state index in [1.807, 2.05) is 0 Å². The highest BCUT2D eigenvalue weighted by Crippen LogP contribution is 2.44. The standard InChI is InChI=1S/C25H20FNO5/c26-19-7-3-1-5-17(19)15-27-20-8-4-2-6-18(20)25(30,24(27)29)14-21(28)16-9-10-22-23(13-16)32-12-11-31-22/h1-10,13,30H,11-12,14-15H2/t25-/m1/s1. The summed E-state index contributed by atoms with van der Waals surface area (Å²) in [5.41, 5.74) is -0.643. The van der Waals surface area contributed by atoms with Gasteiger partial charge in [-0.3, -0.25) is 9.59 Å². The molecule has 1 amide bonds. The van der Waals surface area contributed by atoms with Crippen LogP contribution in [0.3, 0.4) is 0 Å². The Kier molecular flexibility index (Phi) is 4.90. The van der Waals surface area contributed by atoms with E-state index in [0.717, 1.165) is 0 Å². The Labute approximate surface area is 183 Å². The van der Waals surface area contributed by atoms with Crippen molar-refractivity contribution >= 4 is 17.4 Å². The summed E-state index contributed by atoms with van der Waals surface area (Å²) in [5.74, 6) is -0.521. The SMILES string of the molecule is O=C(C[C@]1(O)C(=O)N(Cc2ccccc2F)c2ccccc21)c1ccc2c(c1)OCCO2. The second-order valence-electron chi connectivity index (χ2n) is 7.82. The maximum Gasteiger partial charge on any atom is 0.264 e. The normalized spacial score (nSPS) is 19.1. The molecule has 0 saturated heterocycles. The summed E-state index contributed by atoms with van der Waals surface area (Å²) in [6.45, 7) is 0.762. The molecule has 32 heavy (non-hydrogen) atoms. The van der Waals surface area contributed by atoms with E-state index in [4.69, 9.17) is 9.47 Å². The number of Topliss-reactive ketones (excluding diaryl/α,β-unsaturated/α-hetero) is 1. The number of nitrogens with zero attached hydrogens (tertiary/aromatic N) is 1. The van der Waals surface area contributed by atoms with E-state index in [0.29, 0.717) is 47.1 Å². The van der Waals surface area contributed by atoms with Crippen LogP contribution in [0.15, 0.2) is 66.7 Å². The molecule has 3 aromatic carbocycles. The molecule has 2 heterocycles. The zero-order valence-electron chi connectivity index (χ0n) is 17.1. The van der Waals surface area contributed by atoms with Crippen molar-refractivity contribution in [1.29, 1.82) is 0 Å². The molecule has 2 aliphatic rings. The Bertz CT molecular complexity index is 1230. The number of ether oxygens (including phenoxy) is 2. The monoisotopic (exact) mass is 433 g/mol. The van der Waals surface area contributed by atoms with Gasteiger partial charge < -0.3 is 19.5 Å². The minimum absolute atomic E-state index is 0.0525. The number of rotatable bonds is 5. The maximum atomic E-state index is 14.2. The number of hydrogen-bond donors (Lipinski definition) is 1. The third kappa shape index (κ3) is 3.31. The quantitative estimate of drug-likeness (QED) is 0.623. The first kappa shape index (κ1) is 20.2. The van der Waals surface area contributed by atoms with Crippen molar-refractivity contribution < 1.29 is 28.6 Å². The Morgan fingerprint density at radius 2 is 1.72 bits per heavy atom. The lowest BCUT2D eigenvalue weighted by Crippen LogP contribution is -2.41. The van der Waals surface area contributed by atoms with Gasteiger partial charge in [-0.25, -0.2) is 4.39 Å². The summed E-state index contributed by atoms with van der Waals surface area (Å²) in [4.78, 5) is 27.8. The number of aliphatic hydroxyl groups is 1. The van der Waals surface area contributed by atoms with E-state index in [9.17, 15) is 19.1 Å². The fourth-order valence-electron chi connectivity index (χ4n) is 4.18. The van der Waals surface area contributed by atoms with E-state index in [1.165, 1.54) is 11.0 Å². The molecule has 7 heteroatoms. The van der Waals surface area contributed by atoms with Crippen LogP contribution in [0.1, 0.15) is 27.9 Å². The number of ketones is 1. The van der Waals surface area contributed by atoms with Crippen molar-refractivity contribution in [3.05, 3.63) is 89.2 Å². The molecule has 6 nitrogen and oxygen atoms in total. The second kappa shape index (κ2) is 7.76. The van der Waals surface area contributed by atoms with Crippen LogP contribution in [0, 0.1) is 5.82 Å². The van der Waals surface area contributed by atoms with Crippen LogP contribution < -0.4 is 14.4 Å². The first-order chi connectivity index (χ1) is 15.5. The van der Waals surface area contributed by atoms with E-state index in [1.54, 1.807) is 60.7 Å². The fraction of sp³-hybridized carbons (Fsp3) is 0.200. The summed E-state index contributed by atoms with van der Waals surface area (Å²) in [6, 6.07) is 17.7. The molecule has 162 valence electrons.